The predicted molar refractivity (Wildman–Crippen MR) is 105 cm³/mol. The first kappa shape index (κ1) is 21.9. The molecule has 22 heavy (non-hydrogen) atoms. The molecule has 5 nitrogen and oxygen atoms in total. The third-order valence-corrected chi connectivity index (χ3v) is 3.93. The number of unbranched alkanes of at least 4 members (excludes halogenated alkanes) is 2. The van der Waals surface area contributed by atoms with E-state index in [1.165, 1.54) is 58.2 Å². The van der Waals surface area contributed by atoms with Gasteiger partial charge in [-0.05, 0) is 51.7 Å². The van der Waals surface area contributed by atoms with E-state index in [-0.39, 0.29) is 24.0 Å². The van der Waals surface area contributed by atoms with Crippen molar-refractivity contribution in [3.05, 3.63) is 0 Å². The zero-order valence-corrected chi connectivity index (χ0v) is 16.7. The lowest BCUT2D eigenvalue weighted by Gasteiger charge is -2.26. The first-order valence-corrected chi connectivity index (χ1v) is 8.52. The van der Waals surface area contributed by atoms with E-state index in [1.54, 1.807) is 7.11 Å². The van der Waals surface area contributed by atoms with Gasteiger partial charge in [0.15, 0.2) is 5.96 Å². The van der Waals surface area contributed by atoms with Gasteiger partial charge in [0.1, 0.15) is 0 Å². The molecule has 0 radical (unpaired) electrons. The SMILES string of the molecule is CN=C(NCCCCCN1CCCCC1)NCCCOC.I. The molecule has 0 amide bonds. The number of hydrogen-bond donors (Lipinski definition) is 2. The highest BCUT2D eigenvalue weighted by Crippen LogP contribution is 2.09. The van der Waals surface area contributed by atoms with Crippen LogP contribution >= 0.6 is 24.0 Å². The molecule has 2 N–H and O–H groups in total. The summed E-state index contributed by atoms with van der Waals surface area (Å²) >= 11 is 0. The number of nitrogens with zero attached hydrogens (tertiary/aromatic N) is 2. The van der Waals surface area contributed by atoms with Crippen molar-refractivity contribution in [2.24, 2.45) is 4.99 Å². The molecule has 1 aliphatic rings. The van der Waals surface area contributed by atoms with Gasteiger partial charge in [-0.15, -0.1) is 24.0 Å². The van der Waals surface area contributed by atoms with Crippen molar-refractivity contribution in [2.45, 2.75) is 44.9 Å². The molecule has 0 aromatic rings. The maximum absolute atomic E-state index is 5.03. The predicted octanol–water partition coefficient (Wildman–Crippen LogP) is 2.46. The van der Waals surface area contributed by atoms with Crippen LogP contribution in [0.3, 0.4) is 0 Å². The Hall–Kier alpha value is -0.0800. The number of ether oxygens (including phenoxy) is 1. The normalized spacial score (nSPS) is 16.2. The first-order valence-electron chi connectivity index (χ1n) is 8.52. The lowest BCUT2D eigenvalue weighted by Crippen LogP contribution is -2.38. The molecule has 0 spiro atoms. The van der Waals surface area contributed by atoms with Crippen LogP contribution < -0.4 is 10.6 Å². The smallest absolute Gasteiger partial charge is 0.190 e. The van der Waals surface area contributed by atoms with Crippen molar-refractivity contribution < 1.29 is 4.74 Å². The second-order valence-corrected chi connectivity index (χ2v) is 5.74. The molecule has 0 saturated carbocycles. The molecule has 0 aromatic heterocycles. The number of guanidine groups is 1. The molecular weight excluding hydrogens is 391 g/mol. The molecule has 0 atom stereocenters. The van der Waals surface area contributed by atoms with Gasteiger partial charge in [-0.3, -0.25) is 4.99 Å². The summed E-state index contributed by atoms with van der Waals surface area (Å²) in [6.07, 6.45) is 9.06. The van der Waals surface area contributed by atoms with Gasteiger partial charge >= 0.3 is 0 Å². The van der Waals surface area contributed by atoms with E-state index in [9.17, 15) is 0 Å². The van der Waals surface area contributed by atoms with Crippen LogP contribution in [0.5, 0.6) is 0 Å². The highest BCUT2D eigenvalue weighted by molar-refractivity contribution is 14.0. The molecule has 1 aliphatic heterocycles. The minimum atomic E-state index is 0. The second kappa shape index (κ2) is 15.8. The van der Waals surface area contributed by atoms with Gasteiger partial charge in [0.25, 0.3) is 0 Å². The van der Waals surface area contributed by atoms with E-state index in [2.05, 4.69) is 20.5 Å². The largest absolute Gasteiger partial charge is 0.385 e. The van der Waals surface area contributed by atoms with Crippen molar-refractivity contribution in [1.29, 1.82) is 0 Å². The molecular formula is C16H35IN4O. The Morgan fingerprint density at radius 3 is 2.32 bits per heavy atom. The van der Waals surface area contributed by atoms with Crippen molar-refractivity contribution in [3.63, 3.8) is 0 Å². The summed E-state index contributed by atoms with van der Waals surface area (Å²) in [6.45, 7) is 6.61. The van der Waals surface area contributed by atoms with Crippen LogP contribution in [0, 0.1) is 0 Å². The lowest BCUT2D eigenvalue weighted by atomic mass is 10.1. The number of rotatable bonds is 10. The minimum Gasteiger partial charge on any atom is -0.385 e. The summed E-state index contributed by atoms with van der Waals surface area (Å²) < 4.78 is 5.03. The topological polar surface area (TPSA) is 48.9 Å². The van der Waals surface area contributed by atoms with Crippen molar-refractivity contribution in [2.75, 3.05) is 53.5 Å². The number of halogens is 1. The molecule has 1 fully saturated rings. The van der Waals surface area contributed by atoms with Crippen LogP contribution in [-0.4, -0.2) is 64.3 Å². The summed E-state index contributed by atoms with van der Waals surface area (Å²) in [5.41, 5.74) is 0. The number of methoxy groups -OCH3 is 1. The summed E-state index contributed by atoms with van der Waals surface area (Å²) in [5, 5.41) is 6.67. The van der Waals surface area contributed by atoms with Crippen LogP contribution in [0.15, 0.2) is 4.99 Å². The third kappa shape index (κ3) is 11.5. The van der Waals surface area contributed by atoms with Gasteiger partial charge in [-0.2, -0.15) is 0 Å². The highest BCUT2D eigenvalue weighted by Gasteiger charge is 2.08. The standard InChI is InChI=1S/C16H34N4O.HI/c1-17-16(19-11-9-15-21-2)18-10-5-3-6-12-20-13-7-4-8-14-20;/h3-15H2,1-2H3,(H2,17,18,19);1H. The average molecular weight is 426 g/mol. The van der Waals surface area contributed by atoms with Crippen LogP contribution in [0.1, 0.15) is 44.9 Å². The van der Waals surface area contributed by atoms with Crippen LogP contribution in [0.4, 0.5) is 0 Å². The Bertz CT molecular complexity index is 271. The average Bonchev–Trinajstić information content (AvgIpc) is 2.53. The fourth-order valence-electron chi connectivity index (χ4n) is 2.67. The molecule has 0 aromatic carbocycles. The number of hydrogen-bond acceptors (Lipinski definition) is 3. The Kier molecular flexibility index (Phi) is 15.7. The molecule has 1 heterocycles. The Morgan fingerprint density at radius 1 is 1.00 bits per heavy atom. The second-order valence-electron chi connectivity index (χ2n) is 5.74. The molecule has 6 heteroatoms. The molecule has 132 valence electrons. The quantitative estimate of drug-likeness (QED) is 0.244. The fourth-order valence-corrected chi connectivity index (χ4v) is 2.67. The van der Waals surface area contributed by atoms with E-state index in [0.29, 0.717) is 0 Å². The maximum Gasteiger partial charge on any atom is 0.190 e. The molecule has 1 saturated heterocycles. The van der Waals surface area contributed by atoms with Crippen molar-refractivity contribution in [1.82, 2.24) is 15.5 Å². The Balaban J connectivity index is 0.00000441. The third-order valence-electron chi connectivity index (χ3n) is 3.93. The minimum absolute atomic E-state index is 0. The van der Waals surface area contributed by atoms with Crippen LogP contribution in [-0.2, 0) is 4.74 Å². The first-order chi connectivity index (χ1) is 10.4. The maximum atomic E-state index is 5.03. The van der Waals surface area contributed by atoms with Crippen molar-refractivity contribution in [3.8, 4) is 0 Å². The number of likely N-dealkylation sites (tertiary alicyclic amines) is 1. The molecule has 1 rings (SSSR count). The van der Waals surface area contributed by atoms with Crippen molar-refractivity contribution >= 4 is 29.9 Å². The number of piperidine rings is 1. The highest BCUT2D eigenvalue weighted by atomic mass is 127. The van der Waals surface area contributed by atoms with E-state index in [1.807, 2.05) is 7.05 Å². The van der Waals surface area contributed by atoms with E-state index in [0.717, 1.165) is 32.1 Å². The number of aliphatic imine (C=N–C) groups is 1. The summed E-state index contributed by atoms with van der Waals surface area (Å²) in [5.74, 6) is 0.905. The zero-order chi connectivity index (χ0) is 15.2. The van der Waals surface area contributed by atoms with Gasteiger partial charge in [-0.25, -0.2) is 0 Å². The number of nitrogens with one attached hydrogen (secondary N) is 2. The van der Waals surface area contributed by atoms with Gasteiger partial charge in [0.2, 0.25) is 0 Å². The Labute approximate surface area is 153 Å². The monoisotopic (exact) mass is 426 g/mol. The van der Waals surface area contributed by atoms with E-state index >= 15 is 0 Å². The lowest BCUT2D eigenvalue weighted by molar-refractivity contribution is 0.195. The van der Waals surface area contributed by atoms with E-state index in [4.69, 9.17) is 4.74 Å². The Morgan fingerprint density at radius 2 is 1.68 bits per heavy atom. The van der Waals surface area contributed by atoms with Gasteiger partial charge < -0.3 is 20.3 Å². The molecule has 0 aliphatic carbocycles. The van der Waals surface area contributed by atoms with Crippen LogP contribution in [0.2, 0.25) is 0 Å². The van der Waals surface area contributed by atoms with Crippen LogP contribution in [0.25, 0.3) is 0 Å². The summed E-state index contributed by atoms with van der Waals surface area (Å²) in [4.78, 5) is 6.84. The summed E-state index contributed by atoms with van der Waals surface area (Å²) in [7, 11) is 3.55. The van der Waals surface area contributed by atoms with Gasteiger partial charge in [0.05, 0.1) is 0 Å². The summed E-state index contributed by atoms with van der Waals surface area (Å²) in [6, 6.07) is 0. The molecule has 0 unspecified atom stereocenters. The zero-order valence-electron chi connectivity index (χ0n) is 14.4. The van der Waals surface area contributed by atoms with E-state index < -0.39 is 0 Å². The van der Waals surface area contributed by atoms with Gasteiger partial charge in [0, 0.05) is 33.9 Å². The molecule has 0 bridgehead atoms. The van der Waals surface area contributed by atoms with Gasteiger partial charge in [-0.1, -0.05) is 12.8 Å². The fraction of sp³-hybridized carbons (Fsp3) is 0.938.